The molecule has 0 saturated carbocycles. The van der Waals surface area contributed by atoms with Gasteiger partial charge in [-0.25, -0.2) is 0 Å². The van der Waals surface area contributed by atoms with Crippen LogP contribution in [0.1, 0.15) is 47.2 Å². The van der Waals surface area contributed by atoms with Gasteiger partial charge in [-0.15, -0.1) is 5.10 Å². The number of halogens is 2. The van der Waals surface area contributed by atoms with Crippen molar-refractivity contribution in [3.63, 3.8) is 0 Å². The fraction of sp³-hybridized carbons (Fsp3) is 0.812. The van der Waals surface area contributed by atoms with E-state index in [0.29, 0.717) is 0 Å². The molecule has 0 N–H and O–H groups in total. The SMILES string of the molecule is CC(C)Oc1nn(C[C@H](C)O[Si](C)(C)C(C)(C)C)c(CI)c1I. The van der Waals surface area contributed by atoms with Gasteiger partial charge in [-0.05, 0) is 61.5 Å². The third-order valence-corrected chi connectivity index (χ3v) is 10.6. The molecule has 1 aromatic rings. The smallest absolute Gasteiger partial charge is 0.246 e. The van der Waals surface area contributed by atoms with Gasteiger partial charge >= 0.3 is 0 Å². The summed E-state index contributed by atoms with van der Waals surface area (Å²) >= 11 is 4.72. The molecule has 0 fully saturated rings. The highest BCUT2D eigenvalue weighted by Gasteiger charge is 2.38. The van der Waals surface area contributed by atoms with Crippen LogP contribution in [0.15, 0.2) is 0 Å². The Morgan fingerprint density at radius 2 is 1.78 bits per heavy atom. The summed E-state index contributed by atoms with van der Waals surface area (Å²) in [4.78, 5) is 0. The molecular weight excluding hydrogens is 534 g/mol. The lowest BCUT2D eigenvalue weighted by molar-refractivity contribution is 0.170. The molecule has 0 aliphatic rings. The Hall–Kier alpha value is 0.647. The quantitative estimate of drug-likeness (QED) is 0.245. The third kappa shape index (κ3) is 5.84. The molecule has 134 valence electrons. The molecule has 1 rings (SSSR count). The average molecular weight is 564 g/mol. The van der Waals surface area contributed by atoms with Crippen molar-refractivity contribution < 1.29 is 9.16 Å². The van der Waals surface area contributed by atoms with Gasteiger partial charge in [0, 0.05) is 4.43 Å². The van der Waals surface area contributed by atoms with Gasteiger partial charge in [-0.3, -0.25) is 4.68 Å². The molecule has 7 heteroatoms. The minimum atomic E-state index is -1.76. The standard InChI is InChI=1S/C16H30I2N2O2Si/c1-11(2)21-15-14(18)13(9-17)20(19-15)10-12(3)22-23(7,8)16(4,5)6/h11-12H,9-10H2,1-8H3/t12-/m0/s1. The maximum Gasteiger partial charge on any atom is 0.246 e. The summed E-state index contributed by atoms with van der Waals surface area (Å²) in [6.07, 6.45) is 0.273. The van der Waals surface area contributed by atoms with Gasteiger partial charge in [0.2, 0.25) is 5.88 Å². The number of hydrogen-bond donors (Lipinski definition) is 0. The summed E-state index contributed by atoms with van der Waals surface area (Å²) in [5, 5.41) is 4.89. The molecular formula is C16H30I2N2O2Si. The highest BCUT2D eigenvalue weighted by Crippen LogP contribution is 2.37. The Labute approximate surface area is 169 Å². The van der Waals surface area contributed by atoms with Crippen LogP contribution in [0.25, 0.3) is 0 Å². The van der Waals surface area contributed by atoms with E-state index >= 15 is 0 Å². The topological polar surface area (TPSA) is 36.3 Å². The summed E-state index contributed by atoms with van der Waals surface area (Å²) in [5.74, 6) is 0.742. The Bertz CT molecular complexity index is 525. The van der Waals surface area contributed by atoms with Gasteiger partial charge in [0.15, 0.2) is 8.32 Å². The Balaban J connectivity index is 2.92. The summed E-state index contributed by atoms with van der Waals surface area (Å²) in [6, 6.07) is 0. The Morgan fingerprint density at radius 1 is 1.22 bits per heavy atom. The number of alkyl halides is 1. The van der Waals surface area contributed by atoms with E-state index in [2.05, 4.69) is 95.8 Å². The zero-order valence-corrected chi connectivity index (χ0v) is 20.9. The van der Waals surface area contributed by atoms with Crippen LogP contribution in [-0.2, 0) is 15.4 Å². The molecule has 0 unspecified atom stereocenters. The van der Waals surface area contributed by atoms with Crippen LogP contribution >= 0.6 is 45.2 Å². The molecule has 0 bridgehead atoms. The van der Waals surface area contributed by atoms with E-state index in [1.54, 1.807) is 0 Å². The molecule has 1 heterocycles. The van der Waals surface area contributed by atoms with Crippen molar-refractivity contribution >= 4 is 53.5 Å². The highest BCUT2D eigenvalue weighted by atomic mass is 127. The van der Waals surface area contributed by atoms with E-state index in [1.807, 2.05) is 13.8 Å². The van der Waals surface area contributed by atoms with Crippen molar-refractivity contribution in [3.8, 4) is 5.88 Å². The number of hydrogen-bond acceptors (Lipinski definition) is 3. The molecule has 23 heavy (non-hydrogen) atoms. The van der Waals surface area contributed by atoms with Gasteiger partial charge in [0.1, 0.15) is 0 Å². The van der Waals surface area contributed by atoms with Crippen LogP contribution in [0.5, 0.6) is 5.88 Å². The summed E-state index contributed by atoms with van der Waals surface area (Å²) < 4.78 is 16.4. The molecule has 4 nitrogen and oxygen atoms in total. The zero-order valence-electron chi connectivity index (χ0n) is 15.5. The van der Waals surface area contributed by atoms with E-state index in [1.165, 1.54) is 5.69 Å². The van der Waals surface area contributed by atoms with Gasteiger partial charge in [0.05, 0.1) is 28.0 Å². The first-order valence-corrected chi connectivity index (χ1v) is 13.6. The number of rotatable bonds is 7. The predicted molar refractivity (Wildman–Crippen MR) is 116 cm³/mol. The minimum Gasteiger partial charge on any atom is -0.473 e. The first kappa shape index (κ1) is 21.7. The van der Waals surface area contributed by atoms with E-state index in [4.69, 9.17) is 9.16 Å². The molecule has 0 aromatic carbocycles. The molecule has 0 saturated heterocycles. The maximum atomic E-state index is 6.47. The molecule has 0 amide bonds. The van der Waals surface area contributed by atoms with Gasteiger partial charge in [0.25, 0.3) is 0 Å². The second kappa shape index (κ2) is 8.35. The fourth-order valence-corrected chi connectivity index (χ4v) is 5.63. The van der Waals surface area contributed by atoms with Crippen molar-refractivity contribution in [2.75, 3.05) is 0 Å². The number of nitrogens with zero attached hydrogens (tertiary/aromatic N) is 2. The van der Waals surface area contributed by atoms with Crippen molar-refractivity contribution in [1.29, 1.82) is 0 Å². The maximum absolute atomic E-state index is 6.47. The van der Waals surface area contributed by atoms with Crippen LogP contribution in [-0.4, -0.2) is 30.3 Å². The average Bonchev–Trinajstić information content (AvgIpc) is 2.62. The van der Waals surface area contributed by atoms with E-state index in [9.17, 15) is 0 Å². The van der Waals surface area contributed by atoms with E-state index in [0.717, 1.165) is 20.4 Å². The first-order chi connectivity index (χ1) is 10.4. The van der Waals surface area contributed by atoms with E-state index < -0.39 is 8.32 Å². The summed E-state index contributed by atoms with van der Waals surface area (Å²) in [5.41, 5.74) is 1.22. The lowest BCUT2D eigenvalue weighted by Gasteiger charge is -2.38. The van der Waals surface area contributed by atoms with Crippen LogP contribution in [0.4, 0.5) is 0 Å². The molecule has 1 atom stereocenters. The second-order valence-corrected chi connectivity index (χ2v) is 14.3. The van der Waals surface area contributed by atoms with Gasteiger partial charge in [-0.2, -0.15) is 0 Å². The lowest BCUT2D eigenvalue weighted by Crippen LogP contribution is -2.44. The van der Waals surface area contributed by atoms with Crippen LogP contribution < -0.4 is 4.74 Å². The fourth-order valence-electron chi connectivity index (χ4n) is 1.99. The predicted octanol–water partition coefficient (Wildman–Crippen LogP) is 5.62. The highest BCUT2D eigenvalue weighted by molar-refractivity contribution is 14.1. The lowest BCUT2D eigenvalue weighted by atomic mass is 10.2. The zero-order chi connectivity index (χ0) is 18.0. The summed E-state index contributed by atoms with van der Waals surface area (Å²) in [6.45, 7) is 18.4. The Kier molecular flexibility index (Phi) is 7.88. The van der Waals surface area contributed by atoms with Crippen LogP contribution in [0.3, 0.4) is 0 Å². The largest absolute Gasteiger partial charge is 0.473 e. The first-order valence-electron chi connectivity index (χ1n) is 8.04. The second-order valence-electron chi connectivity index (χ2n) is 7.74. The molecule has 0 spiro atoms. The molecule has 0 aliphatic heterocycles. The minimum absolute atomic E-state index is 0.134. The number of aromatic nitrogens is 2. The van der Waals surface area contributed by atoms with Crippen molar-refractivity contribution in [3.05, 3.63) is 9.26 Å². The third-order valence-electron chi connectivity index (χ3n) is 4.17. The van der Waals surface area contributed by atoms with Crippen molar-refractivity contribution in [2.45, 2.75) is 82.9 Å². The Morgan fingerprint density at radius 3 is 2.22 bits per heavy atom. The van der Waals surface area contributed by atoms with Crippen LogP contribution in [0.2, 0.25) is 18.1 Å². The normalized spacial score (nSPS) is 14.4. The molecule has 0 aliphatic carbocycles. The van der Waals surface area contributed by atoms with Gasteiger partial charge in [-0.1, -0.05) is 43.4 Å². The molecule has 0 radical (unpaired) electrons. The van der Waals surface area contributed by atoms with Gasteiger partial charge < -0.3 is 9.16 Å². The van der Waals surface area contributed by atoms with Crippen LogP contribution in [0, 0.1) is 3.57 Å². The van der Waals surface area contributed by atoms with E-state index in [-0.39, 0.29) is 17.2 Å². The summed E-state index contributed by atoms with van der Waals surface area (Å²) in [7, 11) is -1.76. The monoisotopic (exact) mass is 564 g/mol. The van der Waals surface area contributed by atoms with Crippen molar-refractivity contribution in [1.82, 2.24) is 9.78 Å². The number of ether oxygens (including phenoxy) is 1. The molecule has 1 aromatic heterocycles. The van der Waals surface area contributed by atoms with Crippen molar-refractivity contribution in [2.24, 2.45) is 0 Å².